The quantitative estimate of drug-likeness (QED) is 0.825. The third kappa shape index (κ3) is 4.03. The minimum Gasteiger partial charge on any atom is -0.495 e. The van der Waals surface area contributed by atoms with Crippen molar-refractivity contribution in [3.8, 4) is 5.75 Å². The van der Waals surface area contributed by atoms with Crippen molar-refractivity contribution in [3.05, 3.63) is 28.8 Å². The minimum absolute atomic E-state index is 0.548. The molecule has 0 spiro atoms. The van der Waals surface area contributed by atoms with E-state index in [9.17, 15) is 0 Å². The number of rotatable bonds is 6. The van der Waals surface area contributed by atoms with Gasteiger partial charge in [0.2, 0.25) is 0 Å². The second-order valence-corrected chi connectivity index (χ2v) is 4.37. The van der Waals surface area contributed by atoms with Gasteiger partial charge in [0, 0.05) is 6.04 Å². The summed E-state index contributed by atoms with van der Waals surface area (Å²) in [4.78, 5) is 0. The van der Waals surface area contributed by atoms with Gasteiger partial charge < -0.3 is 10.1 Å². The third-order valence-electron chi connectivity index (χ3n) is 2.63. The van der Waals surface area contributed by atoms with E-state index in [2.05, 4.69) is 25.2 Å². The maximum absolute atomic E-state index is 5.97. The van der Waals surface area contributed by atoms with Gasteiger partial charge in [0.05, 0.1) is 12.1 Å². The number of methoxy groups -OCH3 is 1. The van der Waals surface area contributed by atoms with Gasteiger partial charge in [0.15, 0.2) is 0 Å². The summed E-state index contributed by atoms with van der Waals surface area (Å²) in [6.07, 6.45) is 2.17. The molecule has 0 amide bonds. The zero-order valence-electron chi connectivity index (χ0n) is 10.2. The predicted octanol–water partition coefficient (Wildman–Crippen LogP) is 3.28. The van der Waals surface area contributed by atoms with Crippen molar-refractivity contribution < 1.29 is 4.74 Å². The first-order chi connectivity index (χ1) is 7.67. The molecule has 0 aliphatic heterocycles. The number of halogens is 1. The van der Waals surface area contributed by atoms with Crippen LogP contribution in [0, 0.1) is 0 Å². The van der Waals surface area contributed by atoms with Gasteiger partial charge in [-0.15, -0.1) is 0 Å². The monoisotopic (exact) mass is 241 g/mol. The molecule has 0 saturated heterocycles. The maximum Gasteiger partial charge on any atom is 0.137 e. The lowest BCUT2D eigenvalue weighted by Gasteiger charge is -2.12. The molecule has 1 unspecified atom stereocenters. The molecule has 2 nitrogen and oxygen atoms in total. The zero-order valence-corrected chi connectivity index (χ0v) is 11.0. The highest BCUT2D eigenvalue weighted by Gasteiger charge is 2.04. The van der Waals surface area contributed by atoms with Crippen molar-refractivity contribution >= 4 is 11.6 Å². The van der Waals surface area contributed by atoms with Crippen LogP contribution in [0.5, 0.6) is 5.75 Å². The normalized spacial score (nSPS) is 12.5. The maximum atomic E-state index is 5.97. The number of aryl methyl sites for hydroxylation is 1. The van der Waals surface area contributed by atoms with Crippen LogP contribution in [0.1, 0.15) is 25.8 Å². The van der Waals surface area contributed by atoms with Gasteiger partial charge in [-0.1, -0.05) is 24.6 Å². The Labute approximate surface area is 103 Å². The molecule has 0 aliphatic carbocycles. The summed E-state index contributed by atoms with van der Waals surface area (Å²) in [5.41, 5.74) is 1.27. The molecule has 0 bridgehead atoms. The molecule has 16 heavy (non-hydrogen) atoms. The van der Waals surface area contributed by atoms with E-state index in [1.54, 1.807) is 7.11 Å². The Bertz CT molecular complexity index is 328. The van der Waals surface area contributed by atoms with Gasteiger partial charge in [0.1, 0.15) is 5.75 Å². The number of nitrogens with one attached hydrogen (secondary N) is 1. The molecule has 0 saturated carbocycles. The van der Waals surface area contributed by atoms with Crippen LogP contribution < -0.4 is 10.1 Å². The molecule has 1 aromatic carbocycles. The first-order valence-electron chi connectivity index (χ1n) is 5.73. The number of hydrogen-bond acceptors (Lipinski definition) is 2. The van der Waals surface area contributed by atoms with Gasteiger partial charge in [0.25, 0.3) is 0 Å². The van der Waals surface area contributed by atoms with E-state index < -0.39 is 0 Å². The molecule has 1 rings (SSSR count). The summed E-state index contributed by atoms with van der Waals surface area (Å²) >= 11 is 5.97. The Balaban J connectivity index is 2.54. The molecule has 0 heterocycles. The second-order valence-electron chi connectivity index (χ2n) is 3.97. The largest absolute Gasteiger partial charge is 0.495 e. The molecular formula is C13H20ClNO. The highest BCUT2D eigenvalue weighted by molar-refractivity contribution is 6.32. The molecular weight excluding hydrogens is 222 g/mol. The SMILES string of the molecule is CCNC(C)CCc1ccc(Cl)c(OC)c1. The van der Waals surface area contributed by atoms with Gasteiger partial charge in [-0.2, -0.15) is 0 Å². The summed E-state index contributed by atoms with van der Waals surface area (Å²) in [6.45, 7) is 5.35. The van der Waals surface area contributed by atoms with E-state index in [1.807, 2.05) is 12.1 Å². The van der Waals surface area contributed by atoms with Crippen molar-refractivity contribution in [2.45, 2.75) is 32.7 Å². The predicted molar refractivity (Wildman–Crippen MR) is 69.5 cm³/mol. The zero-order chi connectivity index (χ0) is 12.0. The summed E-state index contributed by atoms with van der Waals surface area (Å²) < 4.78 is 5.19. The molecule has 1 aromatic rings. The molecule has 0 aliphatic rings. The van der Waals surface area contributed by atoms with Crippen molar-refractivity contribution in [1.29, 1.82) is 0 Å². The van der Waals surface area contributed by atoms with Crippen molar-refractivity contribution in [2.75, 3.05) is 13.7 Å². The van der Waals surface area contributed by atoms with E-state index in [0.717, 1.165) is 25.1 Å². The summed E-state index contributed by atoms with van der Waals surface area (Å²) in [5, 5.41) is 4.07. The van der Waals surface area contributed by atoms with Gasteiger partial charge in [-0.05, 0) is 44.0 Å². The lowest BCUT2D eigenvalue weighted by molar-refractivity contribution is 0.414. The first kappa shape index (κ1) is 13.3. The Morgan fingerprint density at radius 2 is 2.19 bits per heavy atom. The van der Waals surface area contributed by atoms with E-state index in [4.69, 9.17) is 16.3 Å². The van der Waals surface area contributed by atoms with Crippen molar-refractivity contribution in [3.63, 3.8) is 0 Å². The third-order valence-corrected chi connectivity index (χ3v) is 2.95. The molecule has 0 radical (unpaired) electrons. The summed E-state index contributed by atoms with van der Waals surface area (Å²) in [7, 11) is 1.65. The number of ether oxygens (including phenoxy) is 1. The van der Waals surface area contributed by atoms with Gasteiger partial charge in [-0.3, -0.25) is 0 Å². The first-order valence-corrected chi connectivity index (χ1v) is 6.11. The van der Waals surface area contributed by atoms with Crippen LogP contribution in [0.2, 0.25) is 5.02 Å². The topological polar surface area (TPSA) is 21.3 Å². The van der Waals surface area contributed by atoms with Crippen molar-refractivity contribution in [1.82, 2.24) is 5.32 Å². The van der Waals surface area contributed by atoms with Gasteiger partial charge >= 0.3 is 0 Å². The molecule has 1 N–H and O–H groups in total. The molecule has 90 valence electrons. The van der Waals surface area contributed by atoms with Crippen LogP contribution in [0.3, 0.4) is 0 Å². The van der Waals surface area contributed by atoms with Crippen LogP contribution >= 0.6 is 11.6 Å². The highest BCUT2D eigenvalue weighted by Crippen LogP contribution is 2.25. The fourth-order valence-corrected chi connectivity index (χ4v) is 1.89. The minimum atomic E-state index is 0.548. The fraction of sp³-hybridized carbons (Fsp3) is 0.538. The van der Waals surface area contributed by atoms with Crippen LogP contribution in [-0.4, -0.2) is 19.7 Å². The Morgan fingerprint density at radius 1 is 1.44 bits per heavy atom. The van der Waals surface area contributed by atoms with Crippen LogP contribution in [0.25, 0.3) is 0 Å². The summed E-state index contributed by atoms with van der Waals surface area (Å²) in [6, 6.07) is 6.52. The van der Waals surface area contributed by atoms with E-state index in [0.29, 0.717) is 11.1 Å². The van der Waals surface area contributed by atoms with E-state index >= 15 is 0 Å². The fourth-order valence-electron chi connectivity index (χ4n) is 1.69. The standard InChI is InChI=1S/C13H20ClNO/c1-4-15-10(2)5-6-11-7-8-12(14)13(9-11)16-3/h7-10,15H,4-6H2,1-3H3. The van der Waals surface area contributed by atoms with E-state index in [1.165, 1.54) is 5.56 Å². The highest BCUT2D eigenvalue weighted by atomic mass is 35.5. The van der Waals surface area contributed by atoms with E-state index in [-0.39, 0.29) is 0 Å². The lowest BCUT2D eigenvalue weighted by atomic mass is 10.1. The molecule has 3 heteroatoms. The number of benzene rings is 1. The van der Waals surface area contributed by atoms with Crippen molar-refractivity contribution in [2.24, 2.45) is 0 Å². The average Bonchev–Trinajstić information content (AvgIpc) is 2.28. The molecule has 0 fully saturated rings. The lowest BCUT2D eigenvalue weighted by Crippen LogP contribution is -2.25. The van der Waals surface area contributed by atoms with Crippen LogP contribution in [-0.2, 0) is 6.42 Å². The average molecular weight is 242 g/mol. The van der Waals surface area contributed by atoms with Crippen LogP contribution in [0.15, 0.2) is 18.2 Å². The Kier molecular flexibility index (Phi) is 5.64. The number of hydrogen-bond donors (Lipinski definition) is 1. The Hall–Kier alpha value is -0.730. The van der Waals surface area contributed by atoms with Crippen LogP contribution in [0.4, 0.5) is 0 Å². The second kappa shape index (κ2) is 6.77. The molecule has 1 atom stereocenters. The van der Waals surface area contributed by atoms with Gasteiger partial charge in [-0.25, -0.2) is 0 Å². The smallest absolute Gasteiger partial charge is 0.137 e. The Morgan fingerprint density at radius 3 is 2.81 bits per heavy atom. The molecule has 0 aromatic heterocycles. The summed E-state index contributed by atoms with van der Waals surface area (Å²) in [5.74, 6) is 0.760.